The minimum Gasteiger partial charge on any atom is -0.462 e. The minimum absolute atomic E-state index is 0.102. The molecule has 17 nitrogen and oxygen atoms in total. The van der Waals surface area contributed by atoms with Crippen molar-refractivity contribution in [2.75, 3.05) is 39.6 Å². The van der Waals surface area contributed by atoms with Gasteiger partial charge in [0, 0.05) is 25.7 Å². The van der Waals surface area contributed by atoms with Crippen LogP contribution in [0.1, 0.15) is 364 Å². The van der Waals surface area contributed by atoms with E-state index in [1.54, 1.807) is 0 Å². The van der Waals surface area contributed by atoms with Crippen molar-refractivity contribution in [3.63, 3.8) is 0 Å². The maximum atomic E-state index is 13.0. The van der Waals surface area contributed by atoms with Crippen LogP contribution in [0.25, 0.3) is 0 Å². The van der Waals surface area contributed by atoms with Crippen molar-refractivity contribution >= 4 is 39.5 Å². The Morgan fingerprint density at radius 3 is 0.772 bits per heavy atom. The lowest BCUT2D eigenvalue weighted by Crippen LogP contribution is -2.30. The first-order chi connectivity index (χ1) is 44.1. The zero-order chi connectivity index (χ0) is 68.2. The average molecular weight is 1350 g/mol. The van der Waals surface area contributed by atoms with Crippen molar-refractivity contribution in [1.82, 2.24) is 0 Å². The Morgan fingerprint density at radius 2 is 0.522 bits per heavy atom. The Bertz CT molecular complexity index is 1820. The van der Waals surface area contributed by atoms with E-state index < -0.39 is 97.5 Å². The van der Waals surface area contributed by atoms with Crippen molar-refractivity contribution in [2.24, 2.45) is 23.7 Å². The largest absolute Gasteiger partial charge is 0.472 e. The van der Waals surface area contributed by atoms with Crippen LogP contribution in [0.4, 0.5) is 0 Å². The summed E-state index contributed by atoms with van der Waals surface area (Å²) in [5.74, 6) is 0.870. The Balaban J connectivity index is 5.21. The topological polar surface area (TPSA) is 237 Å². The van der Waals surface area contributed by atoms with Gasteiger partial charge in [0.25, 0.3) is 0 Å². The first kappa shape index (κ1) is 90.1. The number of carbonyl (C=O) groups is 4. The molecule has 3 N–H and O–H groups in total. The summed E-state index contributed by atoms with van der Waals surface area (Å²) >= 11 is 0. The molecule has 0 aromatic carbocycles. The van der Waals surface area contributed by atoms with Gasteiger partial charge < -0.3 is 33.8 Å². The lowest BCUT2D eigenvalue weighted by molar-refractivity contribution is -0.161. The third kappa shape index (κ3) is 65.4. The fourth-order valence-corrected chi connectivity index (χ4v) is 12.6. The second-order valence-electron chi connectivity index (χ2n) is 28.0. The van der Waals surface area contributed by atoms with E-state index in [4.69, 9.17) is 37.0 Å². The van der Waals surface area contributed by atoms with Gasteiger partial charge in [0.15, 0.2) is 12.2 Å². The van der Waals surface area contributed by atoms with E-state index in [-0.39, 0.29) is 25.7 Å². The first-order valence-corrected chi connectivity index (χ1v) is 40.7. The van der Waals surface area contributed by atoms with Crippen molar-refractivity contribution in [1.29, 1.82) is 0 Å². The van der Waals surface area contributed by atoms with Crippen LogP contribution in [0.5, 0.6) is 0 Å². The maximum Gasteiger partial charge on any atom is 0.472 e. The number of phosphoric acid groups is 2. The fourth-order valence-electron chi connectivity index (χ4n) is 11.0. The molecule has 0 radical (unpaired) electrons. The smallest absolute Gasteiger partial charge is 0.462 e. The van der Waals surface area contributed by atoms with Crippen molar-refractivity contribution in [3.8, 4) is 0 Å². The Labute approximate surface area is 562 Å². The number of rotatable bonds is 70. The number of hydrogen-bond acceptors (Lipinski definition) is 15. The second kappa shape index (κ2) is 62.6. The maximum absolute atomic E-state index is 13.0. The Morgan fingerprint density at radius 1 is 0.304 bits per heavy atom. The molecule has 0 aliphatic rings. The molecule has 0 amide bonds. The summed E-state index contributed by atoms with van der Waals surface area (Å²) < 4.78 is 68.4. The predicted octanol–water partition coefficient (Wildman–Crippen LogP) is 20.9. The zero-order valence-corrected chi connectivity index (χ0v) is 62.0. The standard InChI is InChI=1S/C73H142O17P2/c1-9-66(8)52-44-36-31-32-40-48-56-73(78)90-69(60-83-70(75)53-45-37-28-22-19-15-17-21-26-34-42-50-64(4)5)62-88-92(81,82)86-58-67(74)57-85-91(79,80)87-61-68(59-84-71(76)54-46-38-30-24-27-35-43-51-65(6)7)89-72(77)55-47-39-29-23-18-14-12-10-11-13-16-20-25-33-41-49-63(2)3/h63-69,74H,9-62H2,1-8H3,(H,79,80)(H,81,82)/t66?,67?,68-,69-/m1/s1. The molecule has 0 aromatic rings. The molecule has 0 saturated heterocycles. The van der Waals surface area contributed by atoms with Crippen LogP contribution in [0, 0.1) is 23.7 Å². The van der Waals surface area contributed by atoms with Crippen LogP contribution in [0.15, 0.2) is 0 Å². The van der Waals surface area contributed by atoms with Crippen LogP contribution < -0.4 is 0 Å². The van der Waals surface area contributed by atoms with E-state index in [2.05, 4.69) is 55.4 Å². The van der Waals surface area contributed by atoms with E-state index in [0.717, 1.165) is 114 Å². The number of phosphoric ester groups is 2. The molecule has 0 heterocycles. The molecule has 0 spiro atoms. The molecule has 0 rings (SSSR count). The summed E-state index contributed by atoms with van der Waals surface area (Å²) in [6, 6.07) is 0. The highest BCUT2D eigenvalue weighted by Crippen LogP contribution is 2.45. The van der Waals surface area contributed by atoms with Gasteiger partial charge in [-0.1, -0.05) is 312 Å². The molecule has 0 aliphatic heterocycles. The molecular formula is C73H142O17P2. The zero-order valence-electron chi connectivity index (χ0n) is 60.2. The number of hydrogen-bond donors (Lipinski definition) is 3. The molecule has 546 valence electrons. The summed E-state index contributed by atoms with van der Waals surface area (Å²) in [5.41, 5.74) is 0. The molecule has 0 aliphatic carbocycles. The third-order valence-corrected chi connectivity index (χ3v) is 19.1. The molecule has 19 heteroatoms. The van der Waals surface area contributed by atoms with Gasteiger partial charge in [-0.05, 0) is 49.4 Å². The highest BCUT2D eigenvalue weighted by Gasteiger charge is 2.30. The van der Waals surface area contributed by atoms with Gasteiger partial charge >= 0.3 is 39.5 Å². The van der Waals surface area contributed by atoms with Crippen LogP contribution >= 0.6 is 15.6 Å². The highest BCUT2D eigenvalue weighted by atomic mass is 31.2. The lowest BCUT2D eigenvalue weighted by Gasteiger charge is -2.21. The summed E-state index contributed by atoms with van der Waals surface area (Å²) in [7, 11) is -9.91. The van der Waals surface area contributed by atoms with Crippen molar-refractivity contribution in [3.05, 3.63) is 0 Å². The molecular weight excluding hydrogens is 1210 g/mol. The molecule has 4 unspecified atom stereocenters. The number of aliphatic hydroxyl groups excluding tert-OH is 1. The van der Waals surface area contributed by atoms with E-state index in [1.807, 2.05) is 0 Å². The average Bonchev–Trinajstić information content (AvgIpc) is 2.07. The van der Waals surface area contributed by atoms with Crippen LogP contribution in [0.3, 0.4) is 0 Å². The van der Waals surface area contributed by atoms with Gasteiger partial charge in [-0.25, -0.2) is 9.13 Å². The number of unbranched alkanes of at least 4 members (excludes halogenated alkanes) is 35. The highest BCUT2D eigenvalue weighted by molar-refractivity contribution is 7.47. The SMILES string of the molecule is CCC(C)CCCCCCCCC(=O)O[C@H](COC(=O)CCCCCCCCCCCCCC(C)C)COP(=O)(O)OCC(O)COP(=O)(O)OC[C@@H](COC(=O)CCCCCCCCCC(C)C)OC(=O)CCCCCCCCCCCCCCCCCC(C)C. The fraction of sp³-hybridized carbons (Fsp3) is 0.945. The van der Waals surface area contributed by atoms with Crippen LogP contribution in [-0.4, -0.2) is 96.7 Å². The van der Waals surface area contributed by atoms with E-state index in [9.17, 15) is 43.2 Å². The summed E-state index contributed by atoms with van der Waals surface area (Å²) in [5, 5.41) is 10.6. The summed E-state index contributed by atoms with van der Waals surface area (Å²) in [6.07, 6.45) is 46.0. The lowest BCUT2D eigenvalue weighted by atomic mass is 10.00. The molecule has 0 saturated carbocycles. The van der Waals surface area contributed by atoms with Gasteiger partial charge in [0.1, 0.15) is 19.3 Å². The van der Waals surface area contributed by atoms with Gasteiger partial charge in [0.2, 0.25) is 0 Å². The summed E-state index contributed by atoms with van der Waals surface area (Å²) in [6.45, 7) is 14.1. The van der Waals surface area contributed by atoms with E-state index >= 15 is 0 Å². The van der Waals surface area contributed by atoms with E-state index in [0.29, 0.717) is 31.6 Å². The number of ether oxygens (including phenoxy) is 4. The number of aliphatic hydroxyl groups is 1. The monoisotopic (exact) mass is 1350 g/mol. The molecule has 92 heavy (non-hydrogen) atoms. The Hall–Kier alpha value is -1.94. The van der Waals surface area contributed by atoms with Gasteiger partial charge in [0.05, 0.1) is 26.4 Å². The normalized spacial score (nSPS) is 14.5. The van der Waals surface area contributed by atoms with Gasteiger partial charge in [-0.3, -0.25) is 37.3 Å². The number of carbonyl (C=O) groups excluding carboxylic acids is 4. The second-order valence-corrected chi connectivity index (χ2v) is 30.9. The molecule has 0 bridgehead atoms. The molecule has 0 fully saturated rings. The number of esters is 4. The van der Waals surface area contributed by atoms with Crippen molar-refractivity contribution in [2.45, 2.75) is 382 Å². The van der Waals surface area contributed by atoms with Crippen molar-refractivity contribution < 1.29 is 80.2 Å². The van der Waals surface area contributed by atoms with Crippen LogP contribution in [-0.2, 0) is 65.4 Å². The Kier molecular flexibility index (Phi) is 61.3. The quantitative estimate of drug-likeness (QED) is 0.0222. The van der Waals surface area contributed by atoms with E-state index in [1.165, 1.54) is 161 Å². The molecule has 0 aromatic heterocycles. The third-order valence-electron chi connectivity index (χ3n) is 17.2. The molecule has 6 atom stereocenters. The van der Waals surface area contributed by atoms with Gasteiger partial charge in [-0.15, -0.1) is 0 Å². The minimum atomic E-state index is -4.95. The first-order valence-electron chi connectivity index (χ1n) is 37.7. The van der Waals surface area contributed by atoms with Gasteiger partial charge in [-0.2, -0.15) is 0 Å². The predicted molar refractivity (Wildman–Crippen MR) is 372 cm³/mol. The van der Waals surface area contributed by atoms with Crippen LogP contribution in [0.2, 0.25) is 0 Å². The summed E-state index contributed by atoms with van der Waals surface area (Å²) in [4.78, 5) is 72.6.